The number of nitrogens with zero attached hydrogens (tertiary/aromatic N) is 2. The highest BCUT2D eigenvalue weighted by molar-refractivity contribution is 5.78. The number of benzene rings is 2. The van der Waals surface area contributed by atoms with Gasteiger partial charge in [0.1, 0.15) is 17.4 Å². The minimum Gasteiger partial charge on any atom is -0.484 e. The zero-order valence-electron chi connectivity index (χ0n) is 16.5. The highest BCUT2D eigenvalue weighted by Gasteiger charge is 2.32. The summed E-state index contributed by atoms with van der Waals surface area (Å²) in [4.78, 5) is 16.8. The molecule has 0 unspecified atom stereocenters. The lowest BCUT2D eigenvalue weighted by Crippen LogP contribution is -2.58. The minimum absolute atomic E-state index is 0.0442. The van der Waals surface area contributed by atoms with Crippen LogP contribution in [0.15, 0.2) is 42.5 Å². The number of rotatable bonds is 5. The molecule has 0 aromatic heterocycles. The maximum Gasteiger partial charge on any atom is 0.260 e. The second-order valence-electron chi connectivity index (χ2n) is 7.50. The van der Waals surface area contributed by atoms with E-state index in [1.807, 2.05) is 11.8 Å². The van der Waals surface area contributed by atoms with Crippen LogP contribution in [-0.2, 0) is 11.3 Å². The summed E-state index contributed by atoms with van der Waals surface area (Å²) >= 11 is 0. The fourth-order valence-corrected chi connectivity index (χ4v) is 3.53. The molecule has 1 aliphatic heterocycles. The van der Waals surface area contributed by atoms with Gasteiger partial charge < -0.3 is 9.64 Å². The summed E-state index contributed by atoms with van der Waals surface area (Å²) in [6, 6.07) is 11.2. The van der Waals surface area contributed by atoms with Crippen molar-refractivity contribution in [3.8, 4) is 5.75 Å². The maximum atomic E-state index is 13.3. The number of carbonyl (C=O) groups excluding carboxylic acids is 1. The van der Waals surface area contributed by atoms with Crippen LogP contribution in [0.1, 0.15) is 25.0 Å². The fourth-order valence-electron chi connectivity index (χ4n) is 3.53. The number of halogens is 2. The average molecular weight is 388 g/mol. The normalized spacial score (nSPS) is 20.2. The Labute approximate surface area is 164 Å². The lowest BCUT2D eigenvalue weighted by molar-refractivity contribution is -0.139. The van der Waals surface area contributed by atoms with Crippen molar-refractivity contribution in [1.29, 1.82) is 0 Å². The molecule has 1 amide bonds. The van der Waals surface area contributed by atoms with Crippen molar-refractivity contribution in [2.75, 3.05) is 19.7 Å². The van der Waals surface area contributed by atoms with Crippen molar-refractivity contribution in [2.45, 2.75) is 39.4 Å². The fraction of sp³-hybridized carbons (Fsp3) is 0.409. The van der Waals surface area contributed by atoms with Gasteiger partial charge in [0, 0.05) is 31.7 Å². The zero-order chi connectivity index (χ0) is 20.3. The van der Waals surface area contributed by atoms with E-state index in [1.165, 1.54) is 24.3 Å². The smallest absolute Gasteiger partial charge is 0.260 e. The third-order valence-corrected chi connectivity index (χ3v) is 5.23. The maximum absolute atomic E-state index is 13.3. The number of amides is 1. The molecule has 0 radical (unpaired) electrons. The first-order valence-electron chi connectivity index (χ1n) is 9.50. The summed E-state index contributed by atoms with van der Waals surface area (Å²) in [5, 5.41) is 0. The van der Waals surface area contributed by atoms with E-state index in [0.29, 0.717) is 17.9 Å². The number of carbonyl (C=O) groups is 1. The van der Waals surface area contributed by atoms with Gasteiger partial charge in [0.25, 0.3) is 5.91 Å². The van der Waals surface area contributed by atoms with Crippen LogP contribution < -0.4 is 4.74 Å². The zero-order valence-corrected chi connectivity index (χ0v) is 16.5. The van der Waals surface area contributed by atoms with Crippen molar-refractivity contribution in [2.24, 2.45) is 0 Å². The van der Waals surface area contributed by atoms with Gasteiger partial charge in [-0.3, -0.25) is 9.69 Å². The Morgan fingerprint density at radius 1 is 1.07 bits per heavy atom. The van der Waals surface area contributed by atoms with Crippen LogP contribution in [0.5, 0.6) is 5.75 Å². The molecular formula is C22H26F2N2O2. The van der Waals surface area contributed by atoms with E-state index >= 15 is 0 Å². The van der Waals surface area contributed by atoms with Gasteiger partial charge >= 0.3 is 0 Å². The van der Waals surface area contributed by atoms with Gasteiger partial charge in [-0.2, -0.15) is 0 Å². The summed E-state index contributed by atoms with van der Waals surface area (Å²) in [5.74, 6) is -0.124. The summed E-state index contributed by atoms with van der Waals surface area (Å²) < 4.78 is 32.0. The first-order chi connectivity index (χ1) is 13.3. The van der Waals surface area contributed by atoms with Gasteiger partial charge in [-0.15, -0.1) is 0 Å². The molecule has 28 heavy (non-hydrogen) atoms. The van der Waals surface area contributed by atoms with E-state index in [1.54, 1.807) is 25.1 Å². The van der Waals surface area contributed by atoms with E-state index in [-0.39, 0.29) is 36.2 Å². The van der Waals surface area contributed by atoms with Gasteiger partial charge in [-0.05, 0) is 62.2 Å². The average Bonchev–Trinajstić information content (AvgIpc) is 2.67. The van der Waals surface area contributed by atoms with Crippen LogP contribution in [0.2, 0.25) is 0 Å². The van der Waals surface area contributed by atoms with E-state index in [4.69, 9.17) is 4.74 Å². The lowest BCUT2D eigenvalue weighted by Gasteiger charge is -2.44. The van der Waals surface area contributed by atoms with Gasteiger partial charge in [0.05, 0.1) is 0 Å². The monoisotopic (exact) mass is 388 g/mol. The lowest BCUT2D eigenvalue weighted by atomic mass is 10.1. The molecule has 2 atom stereocenters. The molecule has 1 saturated heterocycles. The van der Waals surface area contributed by atoms with Gasteiger partial charge in [-0.1, -0.05) is 12.1 Å². The molecule has 2 aromatic carbocycles. The van der Waals surface area contributed by atoms with E-state index in [0.717, 1.165) is 18.7 Å². The number of hydrogen-bond donors (Lipinski definition) is 0. The van der Waals surface area contributed by atoms with Crippen LogP contribution >= 0.6 is 0 Å². The summed E-state index contributed by atoms with van der Waals surface area (Å²) in [5.41, 5.74) is 1.54. The first-order valence-corrected chi connectivity index (χ1v) is 9.50. The van der Waals surface area contributed by atoms with E-state index in [2.05, 4.69) is 11.8 Å². The van der Waals surface area contributed by atoms with Crippen molar-refractivity contribution < 1.29 is 18.3 Å². The number of ether oxygens (including phenoxy) is 1. The third-order valence-electron chi connectivity index (χ3n) is 5.23. The topological polar surface area (TPSA) is 32.8 Å². The van der Waals surface area contributed by atoms with Crippen LogP contribution in [-0.4, -0.2) is 47.5 Å². The Morgan fingerprint density at radius 3 is 2.46 bits per heavy atom. The molecule has 150 valence electrons. The summed E-state index contributed by atoms with van der Waals surface area (Å²) in [6.07, 6.45) is 0. The number of piperazine rings is 1. The highest BCUT2D eigenvalue weighted by atomic mass is 19.1. The molecule has 0 N–H and O–H groups in total. The number of hydrogen-bond acceptors (Lipinski definition) is 3. The van der Waals surface area contributed by atoms with Crippen molar-refractivity contribution in [3.05, 3.63) is 65.2 Å². The molecule has 4 nitrogen and oxygen atoms in total. The first kappa shape index (κ1) is 20.3. The van der Waals surface area contributed by atoms with Gasteiger partial charge in [0.2, 0.25) is 0 Å². The Hall–Kier alpha value is -2.47. The van der Waals surface area contributed by atoms with Crippen LogP contribution in [0.25, 0.3) is 0 Å². The Kier molecular flexibility index (Phi) is 6.29. The molecule has 0 spiro atoms. The Balaban J connectivity index is 1.56. The van der Waals surface area contributed by atoms with Crippen molar-refractivity contribution >= 4 is 5.91 Å². The van der Waals surface area contributed by atoms with Gasteiger partial charge in [0.15, 0.2) is 6.61 Å². The molecule has 2 aromatic rings. The molecule has 6 heteroatoms. The van der Waals surface area contributed by atoms with E-state index in [9.17, 15) is 13.6 Å². The largest absolute Gasteiger partial charge is 0.484 e. The second-order valence-corrected chi connectivity index (χ2v) is 7.50. The SMILES string of the molecule is Cc1cc(OCC(=O)N2C[C@H](C)N(Cc3ccc(F)cc3)C[C@H]2C)ccc1F. The molecule has 1 fully saturated rings. The standard InChI is InChI=1S/C22H26F2N2O2/c1-15-10-20(8-9-21(15)24)28-14-22(27)26-12-16(2)25(11-17(26)3)13-18-4-6-19(23)7-5-18/h4-10,16-17H,11-14H2,1-3H3/t16-,17+/m0/s1. The number of aryl methyl sites for hydroxylation is 1. The second kappa shape index (κ2) is 8.69. The van der Waals surface area contributed by atoms with Crippen molar-refractivity contribution in [3.63, 3.8) is 0 Å². The summed E-state index contributed by atoms with van der Waals surface area (Å²) in [7, 11) is 0. The van der Waals surface area contributed by atoms with Crippen LogP contribution in [0.3, 0.4) is 0 Å². The quantitative estimate of drug-likeness (QED) is 0.782. The van der Waals surface area contributed by atoms with Gasteiger partial charge in [-0.25, -0.2) is 8.78 Å². The molecule has 1 heterocycles. The Morgan fingerprint density at radius 2 is 1.79 bits per heavy atom. The molecular weight excluding hydrogens is 362 g/mol. The van der Waals surface area contributed by atoms with E-state index < -0.39 is 0 Å². The Bertz CT molecular complexity index is 826. The molecule has 1 aliphatic rings. The molecule has 0 saturated carbocycles. The van der Waals surface area contributed by atoms with Crippen LogP contribution in [0, 0.1) is 18.6 Å². The predicted octanol–water partition coefficient (Wildman–Crippen LogP) is 3.77. The highest BCUT2D eigenvalue weighted by Crippen LogP contribution is 2.20. The minimum atomic E-state index is -0.293. The molecule has 0 aliphatic carbocycles. The summed E-state index contributed by atoms with van der Waals surface area (Å²) in [6.45, 7) is 7.75. The van der Waals surface area contributed by atoms with Crippen molar-refractivity contribution in [1.82, 2.24) is 9.80 Å². The molecule has 0 bridgehead atoms. The predicted molar refractivity (Wildman–Crippen MR) is 104 cm³/mol. The molecule has 3 rings (SSSR count). The third kappa shape index (κ3) is 4.87. The van der Waals surface area contributed by atoms with Crippen LogP contribution in [0.4, 0.5) is 8.78 Å².